The summed E-state index contributed by atoms with van der Waals surface area (Å²) in [7, 11) is 1.76. The molecule has 0 N–H and O–H groups in total. The summed E-state index contributed by atoms with van der Waals surface area (Å²) in [5.41, 5.74) is 2.66. The molecular weight excluding hydrogens is 364 g/mol. The minimum absolute atomic E-state index is 0.131. The fraction of sp³-hybridized carbons (Fsp3) is 0.125. The van der Waals surface area contributed by atoms with Crippen molar-refractivity contribution in [3.63, 3.8) is 0 Å². The highest BCUT2D eigenvalue weighted by molar-refractivity contribution is 5.95. The van der Waals surface area contributed by atoms with Crippen molar-refractivity contribution >= 4 is 16.9 Å². The largest absolute Gasteiger partial charge is 0.422 e. The third-order valence-electron chi connectivity index (χ3n) is 5.13. The van der Waals surface area contributed by atoms with Crippen LogP contribution < -0.4 is 5.63 Å². The summed E-state index contributed by atoms with van der Waals surface area (Å²) in [5, 5.41) is 0.834. The second-order valence-corrected chi connectivity index (χ2v) is 6.94. The zero-order chi connectivity index (χ0) is 20.4. The average molecular weight is 384 g/mol. The van der Waals surface area contributed by atoms with E-state index in [1.807, 2.05) is 43.3 Å². The first-order chi connectivity index (χ1) is 14.0. The molecule has 1 amide bonds. The summed E-state index contributed by atoms with van der Waals surface area (Å²) in [6, 6.07) is 19.9. The predicted molar refractivity (Wildman–Crippen MR) is 113 cm³/mol. The first-order valence-electron chi connectivity index (χ1n) is 9.35. The maximum atomic E-state index is 13.0. The molecule has 0 fully saturated rings. The van der Waals surface area contributed by atoms with Crippen molar-refractivity contribution in [1.29, 1.82) is 0 Å². The summed E-state index contributed by atoms with van der Waals surface area (Å²) in [6.45, 7) is 1.96. The summed E-state index contributed by atoms with van der Waals surface area (Å²) < 4.78 is 5.43. The van der Waals surface area contributed by atoms with Gasteiger partial charge in [0.2, 0.25) is 0 Å². The summed E-state index contributed by atoms with van der Waals surface area (Å²) >= 11 is 0. The predicted octanol–water partition coefficient (Wildman–Crippen LogP) is 4.69. The summed E-state index contributed by atoms with van der Waals surface area (Å²) in [6.07, 6.45) is 3.46. The van der Waals surface area contributed by atoms with Crippen LogP contribution in [0.25, 0.3) is 22.1 Å². The number of hydrogen-bond donors (Lipinski definition) is 0. The van der Waals surface area contributed by atoms with Gasteiger partial charge in [0.25, 0.3) is 5.91 Å². The molecule has 4 rings (SSSR count). The number of carbonyl (C=O) groups excluding carboxylic acids is 1. The molecule has 0 aliphatic carbocycles. The van der Waals surface area contributed by atoms with Crippen molar-refractivity contribution in [3.05, 3.63) is 101 Å². The molecule has 1 atom stereocenters. The van der Waals surface area contributed by atoms with Crippen LogP contribution in [0.3, 0.4) is 0 Å². The van der Waals surface area contributed by atoms with Crippen LogP contribution in [-0.2, 0) is 0 Å². The monoisotopic (exact) mass is 384 g/mol. The number of nitrogens with zero attached hydrogens (tertiary/aromatic N) is 2. The van der Waals surface area contributed by atoms with E-state index in [1.54, 1.807) is 54.7 Å². The fourth-order valence-corrected chi connectivity index (χ4v) is 3.31. The topological polar surface area (TPSA) is 63.4 Å². The second-order valence-electron chi connectivity index (χ2n) is 6.94. The highest BCUT2D eigenvalue weighted by atomic mass is 16.4. The zero-order valence-corrected chi connectivity index (χ0v) is 16.2. The van der Waals surface area contributed by atoms with Crippen molar-refractivity contribution in [2.75, 3.05) is 7.05 Å². The smallest absolute Gasteiger partial charge is 0.344 e. The van der Waals surface area contributed by atoms with Crippen LogP contribution in [0.2, 0.25) is 0 Å². The number of para-hydroxylation sites is 1. The van der Waals surface area contributed by atoms with E-state index in [4.69, 9.17) is 4.42 Å². The number of carbonyl (C=O) groups is 1. The van der Waals surface area contributed by atoms with E-state index in [0.29, 0.717) is 22.3 Å². The van der Waals surface area contributed by atoms with E-state index in [0.717, 1.165) is 10.9 Å². The van der Waals surface area contributed by atoms with Gasteiger partial charge in [0.1, 0.15) is 5.58 Å². The standard InChI is InChI=1S/C24H20N2O3/c1-16(20-10-6-12-25-15-20)26(2)23(27)19-9-5-8-17(13-19)21-14-18-7-3-4-11-22(18)29-24(21)28/h3-16H,1-2H3. The van der Waals surface area contributed by atoms with E-state index >= 15 is 0 Å². The SMILES string of the molecule is CC(c1cccnc1)N(C)C(=O)c1cccc(-c2cc3ccccc3oc2=O)c1. The molecule has 0 spiro atoms. The van der Waals surface area contributed by atoms with Crippen molar-refractivity contribution in [1.82, 2.24) is 9.88 Å². The van der Waals surface area contributed by atoms with Crippen LogP contribution in [0.4, 0.5) is 0 Å². The molecule has 29 heavy (non-hydrogen) atoms. The van der Waals surface area contributed by atoms with Gasteiger partial charge >= 0.3 is 5.63 Å². The minimum atomic E-state index is -0.426. The van der Waals surface area contributed by atoms with Crippen LogP contribution >= 0.6 is 0 Å². The van der Waals surface area contributed by atoms with E-state index in [2.05, 4.69) is 4.98 Å². The third-order valence-corrected chi connectivity index (χ3v) is 5.13. The van der Waals surface area contributed by atoms with Crippen molar-refractivity contribution < 1.29 is 9.21 Å². The first-order valence-corrected chi connectivity index (χ1v) is 9.35. The Hall–Kier alpha value is -3.73. The van der Waals surface area contributed by atoms with Crippen molar-refractivity contribution in [2.45, 2.75) is 13.0 Å². The Balaban J connectivity index is 1.68. The Morgan fingerprint density at radius 1 is 1.03 bits per heavy atom. The Bertz CT molecular complexity index is 1230. The van der Waals surface area contributed by atoms with Crippen LogP contribution in [0, 0.1) is 0 Å². The molecular formula is C24H20N2O3. The molecule has 0 saturated heterocycles. The minimum Gasteiger partial charge on any atom is -0.422 e. The van der Waals surface area contributed by atoms with E-state index in [1.165, 1.54) is 0 Å². The number of amides is 1. The van der Waals surface area contributed by atoms with Gasteiger partial charge in [-0.3, -0.25) is 9.78 Å². The van der Waals surface area contributed by atoms with Gasteiger partial charge in [-0.05, 0) is 48.4 Å². The first kappa shape index (κ1) is 18.6. The highest BCUT2D eigenvalue weighted by Crippen LogP contribution is 2.24. The number of rotatable bonds is 4. The molecule has 0 saturated carbocycles. The lowest BCUT2D eigenvalue weighted by atomic mass is 10.0. The van der Waals surface area contributed by atoms with Gasteiger partial charge in [-0.1, -0.05) is 36.4 Å². The second kappa shape index (κ2) is 7.72. The molecule has 0 radical (unpaired) electrons. The molecule has 2 aromatic heterocycles. The molecule has 144 valence electrons. The van der Waals surface area contributed by atoms with Crippen LogP contribution in [0.5, 0.6) is 0 Å². The Morgan fingerprint density at radius 3 is 2.66 bits per heavy atom. The summed E-state index contributed by atoms with van der Waals surface area (Å²) in [5.74, 6) is -0.131. The molecule has 4 aromatic rings. The normalized spacial score (nSPS) is 11.9. The maximum Gasteiger partial charge on any atom is 0.344 e. The summed E-state index contributed by atoms with van der Waals surface area (Å²) in [4.78, 5) is 31.3. The van der Waals surface area contributed by atoms with Gasteiger partial charge < -0.3 is 9.32 Å². The molecule has 0 aliphatic rings. The Kier molecular flexibility index (Phi) is 4.96. The molecule has 0 aliphatic heterocycles. The van der Waals surface area contributed by atoms with Gasteiger partial charge in [-0.15, -0.1) is 0 Å². The van der Waals surface area contributed by atoms with E-state index in [9.17, 15) is 9.59 Å². The number of fused-ring (bicyclic) bond motifs is 1. The van der Waals surface area contributed by atoms with E-state index < -0.39 is 5.63 Å². The van der Waals surface area contributed by atoms with Gasteiger partial charge in [0, 0.05) is 30.4 Å². The Labute approximate surface area is 168 Å². The quantitative estimate of drug-likeness (QED) is 0.479. The lowest BCUT2D eigenvalue weighted by Crippen LogP contribution is -2.29. The van der Waals surface area contributed by atoms with Crippen LogP contribution in [-0.4, -0.2) is 22.8 Å². The van der Waals surface area contributed by atoms with Crippen LogP contribution in [0.15, 0.2) is 88.3 Å². The lowest BCUT2D eigenvalue weighted by Gasteiger charge is -2.25. The fourth-order valence-electron chi connectivity index (χ4n) is 3.31. The number of aromatic nitrogens is 1. The molecule has 1 unspecified atom stereocenters. The van der Waals surface area contributed by atoms with E-state index in [-0.39, 0.29) is 11.9 Å². The molecule has 2 heterocycles. The van der Waals surface area contributed by atoms with Gasteiger partial charge in [-0.25, -0.2) is 4.79 Å². The van der Waals surface area contributed by atoms with Crippen molar-refractivity contribution in [3.8, 4) is 11.1 Å². The molecule has 5 nitrogen and oxygen atoms in total. The zero-order valence-electron chi connectivity index (χ0n) is 16.2. The number of benzene rings is 2. The van der Waals surface area contributed by atoms with Gasteiger partial charge in [0.15, 0.2) is 0 Å². The molecule has 2 aromatic carbocycles. The van der Waals surface area contributed by atoms with Gasteiger partial charge in [0.05, 0.1) is 11.6 Å². The Morgan fingerprint density at radius 2 is 1.86 bits per heavy atom. The average Bonchev–Trinajstić information content (AvgIpc) is 2.77. The lowest BCUT2D eigenvalue weighted by molar-refractivity contribution is 0.0742. The van der Waals surface area contributed by atoms with Crippen LogP contribution in [0.1, 0.15) is 28.9 Å². The van der Waals surface area contributed by atoms with Crippen molar-refractivity contribution in [2.24, 2.45) is 0 Å². The maximum absolute atomic E-state index is 13.0. The number of hydrogen-bond acceptors (Lipinski definition) is 4. The molecule has 0 bridgehead atoms. The third kappa shape index (κ3) is 3.67. The number of pyridine rings is 1. The van der Waals surface area contributed by atoms with Gasteiger partial charge in [-0.2, -0.15) is 0 Å². The highest BCUT2D eigenvalue weighted by Gasteiger charge is 2.20. The molecule has 5 heteroatoms.